The van der Waals surface area contributed by atoms with Gasteiger partial charge in [0, 0.05) is 0 Å². The predicted molar refractivity (Wildman–Crippen MR) is 60.5 cm³/mol. The second-order valence-electron chi connectivity index (χ2n) is 5.03. The van der Waals surface area contributed by atoms with E-state index in [1.807, 2.05) is 6.92 Å². The monoisotopic (exact) mass is 214 g/mol. The van der Waals surface area contributed by atoms with Crippen LogP contribution in [0.5, 0.6) is 0 Å². The molecule has 0 aromatic rings. The average molecular weight is 214 g/mol. The Morgan fingerprint density at radius 2 is 1.87 bits per heavy atom. The Morgan fingerprint density at radius 1 is 1.27 bits per heavy atom. The summed E-state index contributed by atoms with van der Waals surface area (Å²) in [5.74, 6) is -0.0620. The van der Waals surface area contributed by atoms with Gasteiger partial charge < -0.3 is 9.22 Å². The van der Waals surface area contributed by atoms with Crippen LogP contribution in [0.1, 0.15) is 39.0 Å². The van der Waals surface area contributed by atoms with Gasteiger partial charge in [-0.2, -0.15) is 0 Å². The van der Waals surface area contributed by atoms with E-state index in [1.165, 1.54) is 32.1 Å². The smallest absolute Gasteiger partial charge is 0.361 e. The van der Waals surface area contributed by atoms with Gasteiger partial charge >= 0.3 is 5.97 Å². The molecule has 0 aromatic heterocycles. The fourth-order valence-corrected chi connectivity index (χ4v) is 2.45. The Kier molecular flexibility index (Phi) is 4.58. The highest BCUT2D eigenvalue weighted by atomic mass is 16.5. The molecule has 0 N–H and O–H groups in total. The van der Waals surface area contributed by atoms with Gasteiger partial charge in [0.05, 0.1) is 26.7 Å². The predicted octanol–water partition coefficient (Wildman–Crippen LogP) is 1.96. The number of carbonyl (C=O) groups excluding carboxylic acids is 1. The standard InChI is InChI=1S/C12H24NO2/c1-4-15-12(14)10-13(2,3)11-8-6-5-7-9-11/h11H,4-10H2,1-3H3/q+1. The molecule has 1 fully saturated rings. The number of ether oxygens (including phenoxy) is 1. The largest absolute Gasteiger partial charge is 0.462 e. The third kappa shape index (κ3) is 3.82. The third-order valence-electron chi connectivity index (χ3n) is 3.41. The van der Waals surface area contributed by atoms with E-state index in [4.69, 9.17) is 4.74 Å². The van der Waals surface area contributed by atoms with Crippen molar-refractivity contribution in [2.24, 2.45) is 0 Å². The van der Waals surface area contributed by atoms with E-state index in [2.05, 4.69) is 14.1 Å². The Hall–Kier alpha value is -0.570. The van der Waals surface area contributed by atoms with Crippen LogP contribution in [0.3, 0.4) is 0 Å². The molecule has 3 nitrogen and oxygen atoms in total. The number of nitrogens with zero attached hydrogens (tertiary/aromatic N) is 1. The summed E-state index contributed by atoms with van der Waals surface area (Å²) in [7, 11) is 4.29. The number of hydrogen-bond acceptors (Lipinski definition) is 2. The second-order valence-corrected chi connectivity index (χ2v) is 5.03. The van der Waals surface area contributed by atoms with Crippen LogP contribution in [0.25, 0.3) is 0 Å². The molecule has 0 radical (unpaired) electrons. The Labute approximate surface area is 93.0 Å². The molecule has 1 saturated carbocycles. The zero-order chi connectivity index (χ0) is 11.3. The minimum absolute atomic E-state index is 0.0620. The molecule has 1 aliphatic rings. The quantitative estimate of drug-likeness (QED) is 0.528. The van der Waals surface area contributed by atoms with Gasteiger partial charge in [0.1, 0.15) is 0 Å². The SMILES string of the molecule is CCOC(=O)C[N+](C)(C)C1CCCCC1. The van der Waals surface area contributed by atoms with Gasteiger partial charge in [0.2, 0.25) is 0 Å². The number of rotatable bonds is 4. The molecule has 1 rings (SSSR count). The maximum Gasteiger partial charge on any atom is 0.361 e. The van der Waals surface area contributed by atoms with Gasteiger partial charge in [-0.25, -0.2) is 4.79 Å². The molecule has 0 aliphatic heterocycles. The topological polar surface area (TPSA) is 26.3 Å². The highest BCUT2D eigenvalue weighted by molar-refractivity contribution is 5.70. The molecular weight excluding hydrogens is 190 g/mol. The van der Waals surface area contributed by atoms with Crippen molar-refractivity contribution in [3.8, 4) is 0 Å². The van der Waals surface area contributed by atoms with Crippen LogP contribution in [0.15, 0.2) is 0 Å². The van der Waals surface area contributed by atoms with E-state index < -0.39 is 0 Å². The average Bonchev–Trinajstić information content (AvgIpc) is 2.18. The summed E-state index contributed by atoms with van der Waals surface area (Å²) < 4.78 is 5.80. The lowest BCUT2D eigenvalue weighted by atomic mass is 9.93. The fourth-order valence-electron chi connectivity index (χ4n) is 2.45. The molecule has 15 heavy (non-hydrogen) atoms. The van der Waals surface area contributed by atoms with Crippen molar-refractivity contribution >= 4 is 5.97 Å². The molecular formula is C12H24NO2+. The summed E-state index contributed by atoms with van der Waals surface area (Å²) in [6, 6.07) is 0.642. The molecule has 3 heteroatoms. The lowest BCUT2D eigenvalue weighted by molar-refractivity contribution is -0.909. The van der Waals surface area contributed by atoms with E-state index in [0.29, 0.717) is 19.2 Å². The van der Waals surface area contributed by atoms with E-state index in [9.17, 15) is 4.79 Å². The first-order chi connectivity index (χ1) is 7.06. The molecule has 0 saturated heterocycles. The van der Waals surface area contributed by atoms with Crippen LogP contribution in [-0.2, 0) is 9.53 Å². The maximum atomic E-state index is 11.5. The van der Waals surface area contributed by atoms with E-state index in [-0.39, 0.29) is 5.97 Å². The first-order valence-corrected chi connectivity index (χ1v) is 6.04. The van der Waals surface area contributed by atoms with Gasteiger partial charge in [0.25, 0.3) is 0 Å². The molecule has 1 aliphatic carbocycles. The maximum absolute atomic E-state index is 11.5. The summed E-state index contributed by atoms with van der Waals surface area (Å²) in [4.78, 5) is 11.5. The van der Waals surface area contributed by atoms with Crippen LogP contribution >= 0.6 is 0 Å². The fraction of sp³-hybridized carbons (Fsp3) is 0.917. The van der Waals surface area contributed by atoms with Crippen molar-refractivity contribution < 1.29 is 14.0 Å². The summed E-state index contributed by atoms with van der Waals surface area (Å²) in [6.07, 6.45) is 6.50. The van der Waals surface area contributed by atoms with E-state index >= 15 is 0 Å². The van der Waals surface area contributed by atoms with Gasteiger partial charge in [-0.3, -0.25) is 0 Å². The van der Waals surface area contributed by atoms with Crippen molar-refractivity contribution in [2.45, 2.75) is 45.1 Å². The van der Waals surface area contributed by atoms with Crippen molar-refractivity contribution in [1.29, 1.82) is 0 Å². The zero-order valence-electron chi connectivity index (χ0n) is 10.3. The van der Waals surface area contributed by atoms with Crippen LogP contribution in [0.2, 0.25) is 0 Å². The normalized spacial score (nSPS) is 18.9. The minimum Gasteiger partial charge on any atom is -0.462 e. The van der Waals surface area contributed by atoms with E-state index in [0.717, 1.165) is 4.48 Å². The van der Waals surface area contributed by atoms with Crippen LogP contribution in [0, 0.1) is 0 Å². The number of hydrogen-bond donors (Lipinski definition) is 0. The van der Waals surface area contributed by atoms with Gasteiger partial charge in [0.15, 0.2) is 6.54 Å². The second kappa shape index (κ2) is 5.50. The van der Waals surface area contributed by atoms with Crippen molar-refractivity contribution in [3.05, 3.63) is 0 Å². The highest BCUT2D eigenvalue weighted by Gasteiger charge is 2.32. The molecule has 0 atom stereocenters. The first kappa shape index (κ1) is 12.5. The lowest BCUT2D eigenvalue weighted by Crippen LogP contribution is -2.52. The summed E-state index contributed by atoms with van der Waals surface area (Å²) >= 11 is 0. The number of quaternary nitrogens is 1. The van der Waals surface area contributed by atoms with Crippen molar-refractivity contribution in [2.75, 3.05) is 27.2 Å². The molecule has 0 heterocycles. The number of esters is 1. The molecule has 0 spiro atoms. The van der Waals surface area contributed by atoms with Crippen molar-refractivity contribution in [3.63, 3.8) is 0 Å². The Morgan fingerprint density at radius 3 is 2.40 bits per heavy atom. The minimum atomic E-state index is -0.0620. The van der Waals surface area contributed by atoms with Gasteiger partial charge in [-0.05, 0) is 32.6 Å². The first-order valence-electron chi connectivity index (χ1n) is 6.04. The van der Waals surface area contributed by atoms with Crippen LogP contribution < -0.4 is 0 Å². The van der Waals surface area contributed by atoms with Gasteiger partial charge in [-0.1, -0.05) is 6.42 Å². The highest BCUT2D eigenvalue weighted by Crippen LogP contribution is 2.25. The molecule has 0 unspecified atom stereocenters. The number of likely N-dealkylation sites (N-methyl/N-ethyl adjacent to an activating group) is 1. The number of carbonyl (C=O) groups is 1. The lowest BCUT2D eigenvalue weighted by Gasteiger charge is -2.39. The zero-order valence-corrected chi connectivity index (χ0v) is 10.3. The summed E-state index contributed by atoms with van der Waals surface area (Å²) in [5.41, 5.74) is 0. The van der Waals surface area contributed by atoms with Crippen molar-refractivity contribution in [1.82, 2.24) is 0 Å². The van der Waals surface area contributed by atoms with Crippen LogP contribution in [-0.4, -0.2) is 43.7 Å². The summed E-state index contributed by atoms with van der Waals surface area (Å²) in [6.45, 7) is 2.86. The Bertz CT molecular complexity index is 208. The van der Waals surface area contributed by atoms with Crippen LogP contribution in [0.4, 0.5) is 0 Å². The summed E-state index contributed by atoms with van der Waals surface area (Å²) in [5, 5.41) is 0. The molecule has 88 valence electrons. The van der Waals surface area contributed by atoms with Gasteiger partial charge in [-0.15, -0.1) is 0 Å². The molecule has 0 bridgehead atoms. The molecule has 0 amide bonds. The third-order valence-corrected chi connectivity index (χ3v) is 3.41. The Balaban J connectivity index is 2.45. The van der Waals surface area contributed by atoms with E-state index in [1.54, 1.807) is 0 Å². The molecule has 0 aromatic carbocycles.